The summed E-state index contributed by atoms with van der Waals surface area (Å²) in [7, 11) is 6.45. The molecule has 2 aromatic carbocycles. The molecule has 0 fully saturated rings. The maximum Gasteiger partial charge on any atom is 0.209 e. The molecule has 3 rings (SSSR count). The van der Waals surface area contributed by atoms with Gasteiger partial charge in [0.1, 0.15) is 0 Å². The van der Waals surface area contributed by atoms with E-state index in [-0.39, 0.29) is 5.78 Å². The SMILES string of the molecule is COc1cc(C(=O)c2cc(-c3ccccc3)cn2C)cc(OC)c1OC. The van der Waals surface area contributed by atoms with Gasteiger partial charge in [0.2, 0.25) is 11.5 Å². The monoisotopic (exact) mass is 351 g/mol. The first-order valence-corrected chi connectivity index (χ1v) is 8.15. The molecule has 0 aliphatic heterocycles. The molecule has 1 aromatic heterocycles. The number of benzene rings is 2. The second-order valence-electron chi connectivity index (χ2n) is 5.83. The van der Waals surface area contributed by atoms with Crippen molar-refractivity contribution >= 4 is 5.78 Å². The van der Waals surface area contributed by atoms with Gasteiger partial charge in [0.25, 0.3) is 0 Å². The lowest BCUT2D eigenvalue weighted by Gasteiger charge is -2.13. The van der Waals surface area contributed by atoms with Crippen molar-refractivity contribution in [1.82, 2.24) is 4.57 Å². The maximum atomic E-state index is 13.1. The standard InChI is InChI=1S/C21H21NO4/c1-22-13-16(14-8-6-5-7-9-14)10-17(22)20(23)15-11-18(24-2)21(26-4)19(12-15)25-3/h5-13H,1-4H3. The lowest BCUT2D eigenvalue weighted by molar-refractivity contribution is 0.103. The van der Waals surface area contributed by atoms with E-state index in [1.807, 2.05) is 54.2 Å². The zero-order valence-corrected chi connectivity index (χ0v) is 15.3. The van der Waals surface area contributed by atoms with Crippen molar-refractivity contribution in [2.75, 3.05) is 21.3 Å². The molecule has 134 valence electrons. The highest BCUT2D eigenvalue weighted by atomic mass is 16.5. The first-order chi connectivity index (χ1) is 12.6. The summed E-state index contributed by atoms with van der Waals surface area (Å²) in [5.41, 5.74) is 3.11. The topological polar surface area (TPSA) is 49.7 Å². The van der Waals surface area contributed by atoms with Gasteiger partial charge in [-0.25, -0.2) is 0 Å². The highest BCUT2D eigenvalue weighted by Gasteiger charge is 2.20. The summed E-state index contributed by atoms with van der Waals surface area (Å²) >= 11 is 0. The van der Waals surface area contributed by atoms with E-state index in [1.54, 1.807) is 12.1 Å². The summed E-state index contributed by atoms with van der Waals surface area (Å²) in [5, 5.41) is 0. The van der Waals surface area contributed by atoms with Crippen LogP contribution in [0.15, 0.2) is 54.7 Å². The first-order valence-electron chi connectivity index (χ1n) is 8.15. The molecule has 0 saturated carbocycles. The van der Waals surface area contributed by atoms with E-state index in [4.69, 9.17) is 14.2 Å². The van der Waals surface area contributed by atoms with E-state index in [9.17, 15) is 4.79 Å². The van der Waals surface area contributed by atoms with Crippen LogP contribution in [0.25, 0.3) is 11.1 Å². The predicted octanol–water partition coefficient (Wildman–Crippen LogP) is 3.95. The van der Waals surface area contributed by atoms with Gasteiger partial charge in [-0.3, -0.25) is 4.79 Å². The van der Waals surface area contributed by atoms with Gasteiger partial charge in [-0.1, -0.05) is 30.3 Å². The second kappa shape index (κ2) is 7.35. The van der Waals surface area contributed by atoms with E-state index in [0.717, 1.165) is 11.1 Å². The van der Waals surface area contributed by atoms with Crippen LogP contribution in [0.2, 0.25) is 0 Å². The van der Waals surface area contributed by atoms with E-state index < -0.39 is 0 Å². The smallest absolute Gasteiger partial charge is 0.209 e. The molecule has 0 N–H and O–H groups in total. The minimum atomic E-state index is -0.117. The van der Waals surface area contributed by atoms with Crippen molar-refractivity contribution < 1.29 is 19.0 Å². The fourth-order valence-corrected chi connectivity index (χ4v) is 2.94. The minimum Gasteiger partial charge on any atom is -0.493 e. The molecule has 5 heteroatoms. The second-order valence-corrected chi connectivity index (χ2v) is 5.83. The van der Waals surface area contributed by atoms with Crippen LogP contribution in [0.3, 0.4) is 0 Å². The Morgan fingerprint density at radius 1 is 0.846 bits per heavy atom. The number of carbonyl (C=O) groups excluding carboxylic acids is 1. The largest absolute Gasteiger partial charge is 0.493 e. The van der Waals surface area contributed by atoms with Crippen molar-refractivity contribution in [3.8, 4) is 28.4 Å². The van der Waals surface area contributed by atoms with Crippen LogP contribution >= 0.6 is 0 Å². The Bertz CT molecular complexity index is 903. The molecular weight excluding hydrogens is 330 g/mol. The van der Waals surface area contributed by atoms with Gasteiger partial charge in [-0.2, -0.15) is 0 Å². The Hall–Kier alpha value is -3.21. The Morgan fingerprint density at radius 2 is 1.46 bits per heavy atom. The van der Waals surface area contributed by atoms with Gasteiger partial charge < -0.3 is 18.8 Å². The van der Waals surface area contributed by atoms with Crippen LogP contribution in [0.1, 0.15) is 16.1 Å². The summed E-state index contributed by atoms with van der Waals surface area (Å²) in [5.74, 6) is 1.25. The van der Waals surface area contributed by atoms with Crippen LogP contribution in [0, 0.1) is 0 Å². The van der Waals surface area contributed by atoms with E-state index in [2.05, 4.69) is 0 Å². The molecule has 5 nitrogen and oxygen atoms in total. The molecule has 0 atom stereocenters. The summed E-state index contributed by atoms with van der Waals surface area (Å²) in [6.45, 7) is 0. The summed E-state index contributed by atoms with van der Waals surface area (Å²) in [6.07, 6.45) is 1.94. The molecule has 0 radical (unpaired) electrons. The van der Waals surface area contributed by atoms with Crippen molar-refractivity contribution in [2.45, 2.75) is 0 Å². The lowest BCUT2D eigenvalue weighted by atomic mass is 10.0. The van der Waals surface area contributed by atoms with Crippen molar-refractivity contribution in [3.63, 3.8) is 0 Å². The van der Waals surface area contributed by atoms with Gasteiger partial charge in [0.05, 0.1) is 27.0 Å². The van der Waals surface area contributed by atoms with Gasteiger partial charge in [-0.15, -0.1) is 0 Å². The number of aryl methyl sites for hydroxylation is 1. The molecule has 0 aliphatic carbocycles. The quantitative estimate of drug-likeness (QED) is 0.631. The van der Waals surface area contributed by atoms with Gasteiger partial charge in [0.15, 0.2) is 11.5 Å². The summed E-state index contributed by atoms with van der Waals surface area (Å²) < 4.78 is 17.8. The molecule has 0 unspecified atom stereocenters. The predicted molar refractivity (Wildman–Crippen MR) is 100 cm³/mol. The zero-order valence-electron chi connectivity index (χ0n) is 15.3. The number of ketones is 1. The van der Waals surface area contributed by atoms with Gasteiger partial charge in [-0.05, 0) is 23.8 Å². The van der Waals surface area contributed by atoms with Crippen molar-refractivity contribution in [2.24, 2.45) is 7.05 Å². The number of rotatable bonds is 6. The molecule has 0 saturated heterocycles. The third kappa shape index (κ3) is 3.16. The number of aromatic nitrogens is 1. The maximum absolute atomic E-state index is 13.1. The highest BCUT2D eigenvalue weighted by Crippen LogP contribution is 2.38. The average molecular weight is 351 g/mol. The van der Waals surface area contributed by atoms with E-state index in [0.29, 0.717) is 28.5 Å². The molecule has 26 heavy (non-hydrogen) atoms. The number of hydrogen-bond acceptors (Lipinski definition) is 4. The average Bonchev–Trinajstić information content (AvgIpc) is 3.08. The Morgan fingerprint density at radius 3 is 2.00 bits per heavy atom. The molecule has 1 heterocycles. The third-order valence-corrected chi connectivity index (χ3v) is 4.27. The van der Waals surface area contributed by atoms with Crippen LogP contribution in [-0.2, 0) is 7.05 Å². The fourth-order valence-electron chi connectivity index (χ4n) is 2.94. The summed E-state index contributed by atoms with van der Waals surface area (Å²) in [4.78, 5) is 13.1. The van der Waals surface area contributed by atoms with Gasteiger partial charge in [0, 0.05) is 24.4 Å². The lowest BCUT2D eigenvalue weighted by Crippen LogP contribution is -2.08. The van der Waals surface area contributed by atoms with E-state index in [1.165, 1.54) is 21.3 Å². The van der Waals surface area contributed by atoms with Crippen LogP contribution < -0.4 is 14.2 Å². The number of methoxy groups -OCH3 is 3. The Balaban J connectivity index is 2.04. The molecule has 3 aromatic rings. The number of nitrogens with zero attached hydrogens (tertiary/aromatic N) is 1. The normalized spacial score (nSPS) is 10.5. The number of carbonyl (C=O) groups is 1. The van der Waals surface area contributed by atoms with Crippen molar-refractivity contribution in [1.29, 1.82) is 0 Å². The fraction of sp³-hybridized carbons (Fsp3) is 0.190. The van der Waals surface area contributed by atoms with Crippen LogP contribution in [0.5, 0.6) is 17.2 Å². The minimum absolute atomic E-state index is 0.117. The molecule has 0 amide bonds. The van der Waals surface area contributed by atoms with Crippen molar-refractivity contribution in [3.05, 3.63) is 66.0 Å². The zero-order chi connectivity index (χ0) is 18.7. The van der Waals surface area contributed by atoms with Gasteiger partial charge >= 0.3 is 0 Å². The van der Waals surface area contributed by atoms with Crippen LogP contribution in [0.4, 0.5) is 0 Å². The summed E-state index contributed by atoms with van der Waals surface area (Å²) in [6, 6.07) is 15.2. The molecule has 0 bridgehead atoms. The first kappa shape index (κ1) is 17.6. The third-order valence-electron chi connectivity index (χ3n) is 4.27. The molecular formula is C21H21NO4. The molecule has 0 aliphatic rings. The van der Waals surface area contributed by atoms with Crippen LogP contribution in [-0.4, -0.2) is 31.7 Å². The number of ether oxygens (including phenoxy) is 3. The van der Waals surface area contributed by atoms with E-state index >= 15 is 0 Å². The highest BCUT2D eigenvalue weighted by molar-refractivity contribution is 6.09. The number of hydrogen-bond donors (Lipinski definition) is 0. The molecule has 0 spiro atoms. The Kier molecular flexibility index (Phi) is 4.98. The Labute approximate surface area is 152 Å².